The van der Waals surface area contributed by atoms with Crippen molar-refractivity contribution in [1.29, 1.82) is 0 Å². The molecule has 1 unspecified atom stereocenters. The number of halogens is 8. The molecule has 0 aromatic carbocycles. The number of fused-ring (bicyclic) bond motifs is 1. The minimum atomic E-state index is -4.73. The fraction of sp³-hybridized carbons (Fsp3) is 0.520. The van der Waals surface area contributed by atoms with E-state index in [2.05, 4.69) is 25.7 Å². The van der Waals surface area contributed by atoms with Crippen molar-refractivity contribution in [3.63, 3.8) is 0 Å². The lowest BCUT2D eigenvalue weighted by Crippen LogP contribution is -2.37. The number of aromatic nitrogens is 4. The number of aliphatic hydroxyl groups is 2. The molecule has 4 rings (SSSR count). The molecule has 3 atom stereocenters. The monoisotopic (exact) mass is 610 g/mol. The Labute approximate surface area is 233 Å². The Balaban J connectivity index is 1.57. The quantitative estimate of drug-likeness (QED) is 0.205. The zero-order valence-electron chi connectivity index (χ0n) is 21.6. The van der Waals surface area contributed by atoms with Gasteiger partial charge in [0.25, 0.3) is 5.91 Å². The molecule has 1 aliphatic carbocycles. The second-order valence-corrected chi connectivity index (χ2v) is 10.1. The van der Waals surface area contributed by atoms with Gasteiger partial charge >= 0.3 is 12.4 Å². The minimum Gasteiger partial charge on any atom is -0.379 e. The van der Waals surface area contributed by atoms with Crippen LogP contribution in [0.2, 0.25) is 0 Å². The van der Waals surface area contributed by atoms with Gasteiger partial charge in [-0.25, -0.2) is 18.3 Å². The third-order valence-electron chi connectivity index (χ3n) is 6.89. The Morgan fingerprint density at radius 3 is 2.45 bits per heavy atom. The fourth-order valence-corrected chi connectivity index (χ4v) is 4.65. The Bertz CT molecular complexity index is 1390. The number of imidazole rings is 1. The molecule has 4 N–H and O–H groups in total. The summed E-state index contributed by atoms with van der Waals surface area (Å²) in [6, 6.07) is 1.53. The molecule has 1 saturated carbocycles. The zero-order valence-corrected chi connectivity index (χ0v) is 21.6. The van der Waals surface area contributed by atoms with Crippen LogP contribution in [0.15, 0.2) is 36.8 Å². The Hall–Kier alpha value is -3.44. The second kappa shape index (κ2) is 12.0. The van der Waals surface area contributed by atoms with Crippen molar-refractivity contribution < 1.29 is 50.1 Å². The lowest BCUT2D eigenvalue weighted by molar-refractivity contribution is -0.142. The summed E-state index contributed by atoms with van der Waals surface area (Å²) in [5.74, 6) is -4.46. The summed E-state index contributed by atoms with van der Waals surface area (Å²) >= 11 is 0. The summed E-state index contributed by atoms with van der Waals surface area (Å²) in [6.45, 7) is 0. The molecule has 1 aliphatic rings. The molecule has 230 valence electrons. The SMILES string of the molecule is O=C(N[C@H](c1cn2ncc([C@@H](O)NC(O)CCC(F)(F)F)cc2n1)C1CCC(F)(F)CC1)c1cc(C(F)(F)F)ccn1. The molecule has 0 radical (unpaired) electrons. The number of hydrogen-bond donors (Lipinski definition) is 4. The second-order valence-electron chi connectivity index (χ2n) is 10.1. The van der Waals surface area contributed by atoms with Gasteiger partial charge in [-0.1, -0.05) is 0 Å². The van der Waals surface area contributed by atoms with Crippen molar-refractivity contribution in [2.45, 2.75) is 75.3 Å². The standard InChI is InChI=1S/C25H26F8N6O3/c26-23(27)5-1-13(2-6-23)20(38-22(42)16-10-15(4-8-34-16)25(31,32)33)17-12-39-18(36-17)9-14(11-35-39)21(41)37-19(40)3-7-24(28,29)30/h4,8-13,19-21,37,40-41H,1-3,5-7H2,(H,38,42)/t19?,20-,21+/m0/s1. The van der Waals surface area contributed by atoms with Crippen LogP contribution in [0, 0.1) is 5.92 Å². The highest BCUT2D eigenvalue weighted by atomic mass is 19.4. The molecule has 1 fully saturated rings. The lowest BCUT2D eigenvalue weighted by Gasteiger charge is -2.33. The number of carbonyl (C=O) groups is 1. The fourth-order valence-electron chi connectivity index (χ4n) is 4.65. The highest BCUT2D eigenvalue weighted by molar-refractivity contribution is 5.92. The first-order valence-electron chi connectivity index (χ1n) is 12.8. The summed E-state index contributed by atoms with van der Waals surface area (Å²) in [6.07, 6.45) is -12.2. The predicted molar refractivity (Wildman–Crippen MR) is 129 cm³/mol. The van der Waals surface area contributed by atoms with Gasteiger partial charge in [0.2, 0.25) is 5.92 Å². The van der Waals surface area contributed by atoms with Gasteiger partial charge in [-0.3, -0.25) is 15.1 Å². The van der Waals surface area contributed by atoms with Gasteiger partial charge in [-0.05, 0) is 43.4 Å². The molecule has 0 bridgehead atoms. The number of aliphatic hydroxyl groups excluding tert-OH is 2. The zero-order chi connectivity index (χ0) is 30.9. The van der Waals surface area contributed by atoms with Gasteiger partial charge in [0, 0.05) is 31.0 Å². The van der Waals surface area contributed by atoms with Crippen molar-refractivity contribution in [3.05, 3.63) is 59.3 Å². The Kier molecular flexibility index (Phi) is 9.03. The highest BCUT2D eigenvalue weighted by Crippen LogP contribution is 2.41. The van der Waals surface area contributed by atoms with Crippen LogP contribution < -0.4 is 10.6 Å². The topological polar surface area (TPSA) is 125 Å². The average molecular weight is 611 g/mol. The predicted octanol–water partition coefficient (Wildman–Crippen LogP) is 4.68. The summed E-state index contributed by atoms with van der Waals surface area (Å²) < 4.78 is 106. The Morgan fingerprint density at radius 2 is 1.81 bits per heavy atom. The summed E-state index contributed by atoms with van der Waals surface area (Å²) in [4.78, 5) is 21.1. The summed E-state index contributed by atoms with van der Waals surface area (Å²) in [5, 5.41) is 28.9. The van der Waals surface area contributed by atoms with E-state index in [-0.39, 0.29) is 29.7 Å². The van der Waals surface area contributed by atoms with E-state index in [1.54, 1.807) is 0 Å². The molecule has 3 heterocycles. The number of carbonyl (C=O) groups excluding carboxylic acids is 1. The average Bonchev–Trinajstić information content (AvgIpc) is 3.33. The van der Waals surface area contributed by atoms with Gasteiger partial charge in [-0.15, -0.1) is 0 Å². The van der Waals surface area contributed by atoms with Gasteiger partial charge in [-0.2, -0.15) is 31.4 Å². The number of amides is 1. The molecule has 3 aromatic heterocycles. The first-order chi connectivity index (χ1) is 19.5. The first-order valence-corrected chi connectivity index (χ1v) is 12.8. The van der Waals surface area contributed by atoms with Gasteiger partial charge in [0.05, 0.1) is 29.7 Å². The van der Waals surface area contributed by atoms with Crippen LogP contribution in [0.3, 0.4) is 0 Å². The van der Waals surface area contributed by atoms with Crippen molar-refractivity contribution in [2.75, 3.05) is 0 Å². The molecule has 9 nitrogen and oxygen atoms in total. The van der Waals surface area contributed by atoms with Gasteiger partial charge < -0.3 is 15.5 Å². The van der Waals surface area contributed by atoms with Crippen LogP contribution in [0.1, 0.15) is 78.1 Å². The van der Waals surface area contributed by atoms with Crippen molar-refractivity contribution in [2.24, 2.45) is 5.92 Å². The van der Waals surface area contributed by atoms with Crippen molar-refractivity contribution >= 4 is 11.6 Å². The van der Waals surface area contributed by atoms with Gasteiger partial charge in [0.1, 0.15) is 18.1 Å². The number of hydrogen-bond acceptors (Lipinski definition) is 7. The van der Waals surface area contributed by atoms with E-state index in [1.807, 2.05) is 0 Å². The van der Waals surface area contributed by atoms with E-state index in [1.165, 1.54) is 16.8 Å². The van der Waals surface area contributed by atoms with E-state index < -0.39 is 85.5 Å². The number of pyridine rings is 1. The van der Waals surface area contributed by atoms with E-state index >= 15 is 0 Å². The number of nitrogens with zero attached hydrogens (tertiary/aromatic N) is 4. The third-order valence-corrected chi connectivity index (χ3v) is 6.89. The van der Waals surface area contributed by atoms with Crippen LogP contribution >= 0.6 is 0 Å². The Morgan fingerprint density at radius 1 is 1.12 bits per heavy atom. The summed E-state index contributed by atoms with van der Waals surface area (Å²) in [7, 11) is 0. The normalized spacial score (nSPS) is 18.5. The number of rotatable bonds is 9. The van der Waals surface area contributed by atoms with Crippen molar-refractivity contribution in [3.8, 4) is 0 Å². The molecule has 0 saturated heterocycles. The third kappa shape index (κ3) is 8.10. The van der Waals surface area contributed by atoms with Gasteiger partial charge in [0.15, 0.2) is 5.65 Å². The highest BCUT2D eigenvalue weighted by Gasteiger charge is 2.40. The largest absolute Gasteiger partial charge is 0.416 e. The summed E-state index contributed by atoms with van der Waals surface area (Å²) in [5.41, 5.74) is -1.39. The molecule has 0 aliphatic heterocycles. The van der Waals surface area contributed by atoms with E-state index in [0.29, 0.717) is 12.1 Å². The van der Waals surface area contributed by atoms with Crippen LogP contribution in [0.4, 0.5) is 35.1 Å². The van der Waals surface area contributed by atoms with Crippen LogP contribution in [0.5, 0.6) is 0 Å². The lowest BCUT2D eigenvalue weighted by atomic mass is 9.81. The molecule has 17 heteroatoms. The van der Waals surface area contributed by atoms with Crippen LogP contribution in [0.25, 0.3) is 5.65 Å². The molecule has 42 heavy (non-hydrogen) atoms. The maximum atomic E-state index is 13.9. The van der Waals surface area contributed by atoms with Crippen LogP contribution in [-0.2, 0) is 6.18 Å². The molecular formula is C25H26F8N6O3. The number of nitrogens with one attached hydrogen (secondary N) is 2. The van der Waals surface area contributed by atoms with E-state index in [4.69, 9.17) is 0 Å². The first kappa shape index (κ1) is 31.5. The minimum absolute atomic E-state index is 0.0248. The maximum absolute atomic E-state index is 13.9. The molecular weight excluding hydrogens is 584 g/mol. The van der Waals surface area contributed by atoms with E-state index in [0.717, 1.165) is 12.4 Å². The van der Waals surface area contributed by atoms with Crippen molar-refractivity contribution in [1.82, 2.24) is 30.2 Å². The molecule has 3 aromatic rings. The molecule has 1 amide bonds. The number of alkyl halides is 8. The van der Waals surface area contributed by atoms with E-state index in [9.17, 15) is 50.1 Å². The maximum Gasteiger partial charge on any atom is 0.416 e. The van der Waals surface area contributed by atoms with Crippen LogP contribution in [-0.4, -0.2) is 54.0 Å². The molecule has 0 spiro atoms. The smallest absolute Gasteiger partial charge is 0.379 e.